The minimum Gasteiger partial charge on any atom is -0.456 e. The van der Waals surface area contributed by atoms with Crippen molar-refractivity contribution in [3.63, 3.8) is 0 Å². The van der Waals surface area contributed by atoms with Gasteiger partial charge in [-0.2, -0.15) is 0 Å². The molecule has 1 heterocycles. The van der Waals surface area contributed by atoms with Crippen LogP contribution in [0.25, 0.3) is 0 Å². The van der Waals surface area contributed by atoms with Gasteiger partial charge >= 0.3 is 5.97 Å². The van der Waals surface area contributed by atoms with E-state index in [1.807, 2.05) is 18.2 Å². The van der Waals surface area contributed by atoms with Crippen LogP contribution in [0, 0.1) is 0 Å². The monoisotopic (exact) mass is 451 g/mol. The molecular weight excluding hydrogens is 426 g/mol. The molecule has 0 atom stereocenters. The van der Waals surface area contributed by atoms with E-state index in [1.54, 1.807) is 0 Å². The Morgan fingerprint density at radius 2 is 1.67 bits per heavy atom. The predicted octanol–water partition coefficient (Wildman–Crippen LogP) is 3.64. The summed E-state index contributed by atoms with van der Waals surface area (Å²) in [6.07, 6.45) is 4.20. The minimum absolute atomic E-state index is 0.00981. The number of ketones is 2. The zero-order valence-electron chi connectivity index (χ0n) is 18.4. The van der Waals surface area contributed by atoms with Crippen LogP contribution in [0.4, 0.5) is 5.69 Å². The summed E-state index contributed by atoms with van der Waals surface area (Å²) in [6, 6.07) is 8.72. The molecular formula is C25H25NO7. The van der Waals surface area contributed by atoms with E-state index in [-0.39, 0.29) is 42.5 Å². The van der Waals surface area contributed by atoms with Gasteiger partial charge in [-0.05, 0) is 55.9 Å². The third-order valence-electron chi connectivity index (χ3n) is 5.76. The second-order valence-electron chi connectivity index (χ2n) is 8.13. The molecule has 8 nitrogen and oxygen atoms in total. The highest BCUT2D eigenvalue weighted by molar-refractivity contribution is 6.05. The molecule has 4 rings (SSSR count). The van der Waals surface area contributed by atoms with Crippen LogP contribution in [0.3, 0.4) is 0 Å². The number of carbonyl (C=O) groups is 4. The van der Waals surface area contributed by atoms with Gasteiger partial charge in [0.15, 0.2) is 29.7 Å². The van der Waals surface area contributed by atoms with Gasteiger partial charge in [0.25, 0.3) is 5.91 Å². The first-order valence-electron chi connectivity index (χ1n) is 11.0. The molecule has 2 aromatic carbocycles. The Labute approximate surface area is 191 Å². The van der Waals surface area contributed by atoms with Crippen LogP contribution < -0.4 is 14.8 Å². The maximum absolute atomic E-state index is 12.5. The summed E-state index contributed by atoms with van der Waals surface area (Å²) in [5.41, 5.74) is 3.60. The zero-order valence-corrected chi connectivity index (χ0v) is 18.4. The van der Waals surface area contributed by atoms with Gasteiger partial charge in [0.05, 0.1) is 12.1 Å². The van der Waals surface area contributed by atoms with Crippen molar-refractivity contribution in [1.29, 1.82) is 0 Å². The normalized spacial score (nSPS) is 13.7. The molecule has 0 saturated carbocycles. The standard InChI is InChI=1S/C25H25NO7/c1-15(27)19-11-22-23(33-14-32-22)12-20(19)26-24(29)13-31-25(30)9-8-21(28)18-7-6-16-4-2-3-5-17(16)10-18/h6-7,10-12H,2-5,8-9,13-14H2,1H3,(H,26,29). The van der Waals surface area contributed by atoms with Gasteiger partial charge in [-0.1, -0.05) is 12.1 Å². The number of ether oxygens (including phenoxy) is 3. The topological polar surface area (TPSA) is 108 Å². The van der Waals surface area contributed by atoms with Gasteiger partial charge in [-0.3, -0.25) is 19.2 Å². The molecule has 1 N–H and O–H groups in total. The Balaban J connectivity index is 1.27. The van der Waals surface area contributed by atoms with Crippen LogP contribution in [-0.2, 0) is 27.2 Å². The van der Waals surface area contributed by atoms with Crippen LogP contribution in [-0.4, -0.2) is 36.8 Å². The fourth-order valence-electron chi connectivity index (χ4n) is 4.01. The predicted molar refractivity (Wildman–Crippen MR) is 119 cm³/mol. The van der Waals surface area contributed by atoms with Crippen LogP contribution in [0.1, 0.15) is 64.4 Å². The first kappa shape index (κ1) is 22.5. The maximum Gasteiger partial charge on any atom is 0.306 e. The smallest absolute Gasteiger partial charge is 0.306 e. The molecule has 1 aliphatic heterocycles. The van der Waals surface area contributed by atoms with E-state index in [2.05, 4.69) is 5.32 Å². The fourth-order valence-corrected chi connectivity index (χ4v) is 4.01. The van der Waals surface area contributed by atoms with E-state index in [9.17, 15) is 19.2 Å². The molecule has 0 unspecified atom stereocenters. The van der Waals surface area contributed by atoms with Crippen LogP contribution >= 0.6 is 0 Å². The lowest BCUT2D eigenvalue weighted by Gasteiger charge is -2.16. The van der Waals surface area contributed by atoms with E-state index in [1.165, 1.54) is 36.6 Å². The van der Waals surface area contributed by atoms with Gasteiger partial charge in [-0.25, -0.2) is 0 Å². The van der Waals surface area contributed by atoms with Gasteiger partial charge in [0.2, 0.25) is 6.79 Å². The minimum atomic E-state index is -0.645. The summed E-state index contributed by atoms with van der Waals surface area (Å²) in [5, 5.41) is 2.56. The first-order valence-corrected chi connectivity index (χ1v) is 11.0. The molecule has 33 heavy (non-hydrogen) atoms. The van der Waals surface area contributed by atoms with Gasteiger partial charge in [0, 0.05) is 23.6 Å². The lowest BCUT2D eigenvalue weighted by molar-refractivity contribution is -0.147. The summed E-state index contributed by atoms with van der Waals surface area (Å²) < 4.78 is 15.5. The highest BCUT2D eigenvalue weighted by atomic mass is 16.7. The second kappa shape index (κ2) is 9.85. The van der Waals surface area contributed by atoms with Crippen molar-refractivity contribution in [2.75, 3.05) is 18.7 Å². The van der Waals surface area contributed by atoms with Crippen molar-refractivity contribution >= 4 is 29.1 Å². The van der Waals surface area contributed by atoms with Gasteiger partial charge in [0.1, 0.15) is 0 Å². The molecule has 0 spiro atoms. The number of fused-ring (bicyclic) bond motifs is 2. The number of nitrogens with one attached hydrogen (secondary N) is 1. The van der Waals surface area contributed by atoms with Gasteiger partial charge < -0.3 is 19.5 Å². The third-order valence-corrected chi connectivity index (χ3v) is 5.76. The van der Waals surface area contributed by atoms with Gasteiger partial charge in [-0.15, -0.1) is 0 Å². The molecule has 2 aliphatic rings. The van der Waals surface area contributed by atoms with Crippen LogP contribution in [0.15, 0.2) is 30.3 Å². The maximum atomic E-state index is 12.5. The first-order chi connectivity index (χ1) is 15.9. The Hall–Kier alpha value is -3.68. The molecule has 0 bridgehead atoms. The summed E-state index contributed by atoms with van der Waals surface area (Å²) in [5.74, 6) is -0.807. The number of Topliss-reactive ketones (excluding diaryl/α,β-unsaturated/α-hetero) is 2. The molecule has 1 amide bonds. The van der Waals surface area contributed by atoms with Crippen molar-refractivity contribution < 1.29 is 33.4 Å². The summed E-state index contributed by atoms with van der Waals surface area (Å²) in [7, 11) is 0. The van der Waals surface area contributed by atoms with Crippen molar-refractivity contribution in [1.82, 2.24) is 0 Å². The Morgan fingerprint density at radius 3 is 2.42 bits per heavy atom. The Bertz CT molecular complexity index is 1120. The quantitative estimate of drug-likeness (QED) is 0.482. The number of hydrogen-bond donors (Lipinski definition) is 1. The summed E-state index contributed by atoms with van der Waals surface area (Å²) in [6.45, 7) is 0.871. The number of hydrogen-bond acceptors (Lipinski definition) is 7. The van der Waals surface area contributed by atoms with E-state index < -0.39 is 18.5 Å². The molecule has 0 radical (unpaired) electrons. The molecule has 172 valence electrons. The molecule has 0 fully saturated rings. The number of anilines is 1. The molecule has 0 aromatic heterocycles. The number of carbonyl (C=O) groups excluding carboxylic acids is 4. The summed E-state index contributed by atoms with van der Waals surface area (Å²) >= 11 is 0. The summed E-state index contributed by atoms with van der Waals surface area (Å²) in [4.78, 5) is 48.7. The van der Waals surface area contributed by atoms with Crippen LogP contribution in [0.2, 0.25) is 0 Å². The van der Waals surface area contributed by atoms with E-state index in [0.29, 0.717) is 17.1 Å². The third kappa shape index (κ3) is 5.39. The number of benzene rings is 2. The number of esters is 1. The van der Waals surface area contributed by atoms with Crippen molar-refractivity contribution in [2.24, 2.45) is 0 Å². The second-order valence-corrected chi connectivity index (χ2v) is 8.13. The molecule has 0 saturated heterocycles. The van der Waals surface area contributed by atoms with Crippen molar-refractivity contribution in [3.8, 4) is 11.5 Å². The van der Waals surface area contributed by atoms with Crippen molar-refractivity contribution in [2.45, 2.75) is 45.4 Å². The average Bonchev–Trinajstić information content (AvgIpc) is 3.27. The fraction of sp³-hybridized carbons (Fsp3) is 0.360. The largest absolute Gasteiger partial charge is 0.456 e. The Morgan fingerprint density at radius 1 is 0.939 bits per heavy atom. The Kier molecular flexibility index (Phi) is 6.72. The molecule has 2 aromatic rings. The lowest BCUT2D eigenvalue weighted by Crippen LogP contribution is -2.22. The van der Waals surface area contributed by atoms with Crippen molar-refractivity contribution in [3.05, 3.63) is 52.6 Å². The molecule has 8 heteroatoms. The van der Waals surface area contributed by atoms with E-state index in [0.717, 1.165) is 19.3 Å². The van der Waals surface area contributed by atoms with E-state index >= 15 is 0 Å². The zero-order chi connectivity index (χ0) is 23.4. The highest BCUT2D eigenvalue weighted by Gasteiger charge is 2.21. The molecule has 1 aliphatic carbocycles. The average molecular weight is 451 g/mol. The van der Waals surface area contributed by atoms with E-state index in [4.69, 9.17) is 14.2 Å². The lowest BCUT2D eigenvalue weighted by atomic mass is 9.89. The number of aryl methyl sites for hydroxylation is 2. The number of rotatable bonds is 8. The SMILES string of the molecule is CC(=O)c1cc2c(cc1NC(=O)COC(=O)CCC(=O)c1ccc3c(c1)CCCC3)OCO2. The highest BCUT2D eigenvalue weighted by Crippen LogP contribution is 2.37. The van der Waals surface area contributed by atoms with Crippen LogP contribution in [0.5, 0.6) is 11.5 Å². The number of amides is 1.